The molecule has 0 unspecified atom stereocenters. The third kappa shape index (κ3) is 3.72. The molecule has 1 heterocycles. The van der Waals surface area contributed by atoms with Crippen LogP contribution in [0.25, 0.3) is 0 Å². The lowest BCUT2D eigenvalue weighted by Gasteiger charge is -2.09. The number of nitrogens with two attached hydrogens (primary N) is 1. The van der Waals surface area contributed by atoms with Gasteiger partial charge in [0.15, 0.2) is 5.43 Å². The van der Waals surface area contributed by atoms with Gasteiger partial charge >= 0.3 is 0 Å². The number of aromatic amines is 1. The zero-order valence-electron chi connectivity index (χ0n) is 11.2. The summed E-state index contributed by atoms with van der Waals surface area (Å²) < 4.78 is 0. The number of carbonyl (C=O) groups is 1. The minimum absolute atomic E-state index is 0.128. The number of hydrogen-bond acceptors (Lipinski definition) is 2. The molecule has 0 saturated carbocycles. The highest BCUT2D eigenvalue weighted by atomic mass is 16.2. The van der Waals surface area contributed by atoms with Crippen LogP contribution in [-0.4, -0.2) is 10.9 Å². The minimum atomic E-state index is -0.635. The summed E-state index contributed by atoms with van der Waals surface area (Å²) >= 11 is 0. The van der Waals surface area contributed by atoms with Gasteiger partial charge < -0.3 is 10.7 Å². The third-order valence-electron chi connectivity index (χ3n) is 2.99. The zero-order valence-corrected chi connectivity index (χ0v) is 11.2. The minimum Gasteiger partial charge on any atom is -0.365 e. The fourth-order valence-electron chi connectivity index (χ4n) is 1.98. The van der Waals surface area contributed by atoms with Gasteiger partial charge in [-0.05, 0) is 25.7 Å². The van der Waals surface area contributed by atoms with Crippen molar-refractivity contribution in [2.75, 3.05) is 0 Å². The number of hydrogen-bond donors (Lipinski definition) is 2. The van der Waals surface area contributed by atoms with Crippen molar-refractivity contribution in [2.45, 2.75) is 52.4 Å². The van der Waals surface area contributed by atoms with Gasteiger partial charge in [0.25, 0.3) is 5.91 Å². The molecule has 0 aliphatic rings. The van der Waals surface area contributed by atoms with E-state index in [0.29, 0.717) is 12.1 Å². The molecular weight excluding hydrogens is 228 g/mol. The van der Waals surface area contributed by atoms with Crippen LogP contribution in [0.15, 0.2) is 10.9 Å². The van der Waals surface area contributed by atoms with Gasteiger partial charge in [-0.2, -0.15) is 0 Å². The highest BCUT2D eigenvalue weighted by Gasteiger charge is 2.14. The molecule has 18 heavy (non-hydrogen) atoms. The molecule has 0 aliphatic carbocycles. The largest absolute Gasteiger partial charge is 0.365 e. The average Bonchev–Trinajstić information content (AvgIpc) is 2.32. The monoisotopic (exact) mass is 250 g/mol. The highest BCUT2D eigenvalue weighted by molar-refractivity contribution is 5.93. The first-order valence-electron chi connectivity index (χ1n) is 6.65. The van der Waals surface area contributed by atoms with E-state index in [1.165, 1.54) is 6.07 Å². The number of carbonyl (C=O) groups excluding carboxylic acids is 1. The number of amides is 1. The Labute approximate surface area is 108 Å². The lowest BCUT2D eigenvalue weighted by Crippen LogP contribution is -2.25. The van der Waals surface area contributed by atoms with Gasteiger partial charge in [0.1, 0.15) is 5.56 Å². The van der Waals surface area contributed by atoms with E-state index >= 15 is 0 Å². The molecule has 100 valence electrons. The average molecular weight is 250 g/mol. The molecule has 1 aromatic rings. The van der Waals surface area contributed by atoms with E-state index in [4.69, 9.17) is 5.73 Å². The summed E-state index contributed by atoms with van der Waals surface area (Å²) in [6, 6.07) is 1.51. The molecule has 3 N–H and O–H groups in total. The van der Waals surface area contributed by atoms with Gasteiger partial charge in [-0.1, -0.05) is 26.7 Å². The molecule has 0 aromatic carbocycles. The van der Waals surface area contributed by atoms with Crippen molar-refractivity contribution < 1.29 is 4.79 Å². The van der Waals surface area contributed by atoms with Gasteiger partial charge in [-0.25, -0.2) is 0 Å². The molecule has 0 radical (unpaired) electrons. The van der Waals surface area contributed by atoms with Crippen molar-refractivity contribution in [2.24, 2.45) is 5.73 Å². The Morgan fingerprint density at radius 2 is 1.83 bits per heavy atom. The van der Waals surface area contributed by atoms with Gasteiger partial charge in [0.2, 0.25) is 0 Å². The standard InChI is InChI=1S/C14H22N2O2/c1-3-5-7-10-9-12(17)13(14(15)18)11(16-10)8-6-4-2/h9H,3-8H2,1-2H3,(H2,15,18)(H,16,17). The van der Waals surface area contributed by atoms with Gasteiger partial charge in [-0.3, -0.25) is 9.59 Å². The van der Waals surface area contributed by atoms with Crippen LogP contribution in [0.3, 0.4) is 0 Å². The molecular formula is C14H22N2O2. The van der Waals surface area contributed by atoms with Crippen LogP contribution in [0.5, 0.6) is 0 Å². The van der Waals surface area contributed by atoms with E-state index in [2.05, 4.69) is 18.8 Å². The first-order valence-corrected chi connectivity index (χ1v) is 6.65. The first-order chi connectivity index (χ1) is 8.60. The van der Waals surface area contributed by atoms with Gasteiger partial charge in [-0.15, -0.1) is 0 Å². The fraction of sp³-hybridized carbons (Fsp3) is 0.571. The Hall–Kier alpha value is -1.58. The fourth-order valence-corrected chi connectivity index (χ4v) is 1.98. The molecule has 1 aromatic heterocycles. The predicted octanol–water partition coefficient (Wildman–Crippen LogP) is 2.16. The molecule has 1 amide bonds. The zero-order chi connectivity index (χ0) is 13.5. The molecule has 4 heteroatoms. The SMILES string of the molecule is CCCCc1cc(=O)c(C(N)=O)c(CCCC)[nH]1. The highest BCUT2D eigenvalue weighted by Crippen LogP contribution is 2.09. The summed E-state index contributed by atoms with van der Waals surface area (Å²) in [6.45, 7) is 4.18. The van der Waals surface area contributed by atoms with E-state index in [1.54, 1.807) is 0 Å². The van der Waals surface area contributed by atoms with Crippen molar-refractivity contribution in [3.8, 4) is 0 Å². The lowest BCUT2D eigenvalue weighted by molar-refractivity contribution is 0.0998. The maximum Gasteiger partial charge on any atom is 0.254 e. The number of H-pyrrole nitrogens is 1. The third-order valence-corrected chi connectivity index (χ3v) is 2.99. The van der Waals surface area contributed by atoms with Crippen LogP contribution in [-0.2, 0) is 12.8 Å². The smallest absolute Gasteiger partial charge is 0.254 e. The normalized spacial score (nSPS) is 10.6. The second-order valence-electron chi connectivity index (χ2n) is 4.58. The number of unbranched alkanes of at least 4 members (excludes halogenated alkanes) is 2. The Morgan fingerprint density at radius 1 is 1.22 bits per heavy atom. The van der Waals surface area contributed by atoms with Crippen molar-refractivity contribution in [3.05, 3.63) is 33.2 Å². The Morgan fingerprint density at radius 3 is 2.39 bits per heavy atom. The van der Waals surface area contributed by atoms with Crippen molar-refractivity contribution in [3.63, 3.8) is 0 Å². The first kappa shape index (κ1) is 14.5. The summed E-state index contributed by atoms with van der Waals surface area (Å²) in [6.07, 6.45) is 5.59. The Kier molecular flexibility index (Phi) is 5.62. The molecule has 0 spiro atoms. The topological polar surface area (TPSA) is 76.0 Å². The van der Waals surface area contributed by atoms with Crippen LogP contribution in [0.2, 0.25) is 0 Å². The molecule has 0 fully saturated rings. The summed E-state index contributed by atoms with van der Waals surface area (Å²) in [5, 5.41) is 0. The van der Waals surface area contributed by atoms with Crippen LogP contribution >= 0.6 is 0 Å². The Bertz CT molecular complexity index is 463. The predicted molar refractivity (Wildman–Crippen MR) is 72.8 cm³/mol. The van der Waals surface area contributed by atoms with E-state index < -0.39 is 5.91 Å². The Balaban J connectivity index is 3.11. The number of nitrogens with one attached hydrogen (secondary N) is 1. The maximum atomic E-state index is 11.9. The molecule has 4 nitrogen and oxygen atoms in total. The second kappa shape index (κ2) is 6.99. The van der Waals surface area contributed by atoms with Crippen LogP contribution < -0.4 is 11.2 Å². The number of aromatic nitrogens is 1. The summed E-state index contributed by atoms with van der Waals surface area (Å²) in [5.41, 5.74) is 6.75. The van der Waals surface area contributed by atoms with Crippen LogP contribution in [0.4, 0.5) is 0 Å². The summed E-state index contributed by atoms with van der Waals surface area (Å²) in [4.78, 5) is 26.4. The number of primary amides is 1. The lowest BCUT2D eigenvalue weighted by atomic mass is 10.0. The van der Waals surface area contributed by atoms with E-state index in [-0.39, 0.29) is 11.0 Å². The maximum absolute atomic E-state index is 11.9. The molecule has 0 bridgehead atoms. The van der Waals surface area contributed by atoms with E-state index in [0.717, 1.165) is 37.8 Å². The molecule has 1 rings (SSSR count). The summed E-state index contributed by atoms with van der Waals surface area (Å²) in [7, 11) is 0. The number of aryl methyl sites for hydroxylation is 2. The van der Waals surface area contributed by atoms with Crippen LogP contribution in [0.1, 0.15) is 61.3 Å². The second-order valence-corrected chi connectivity index (χ2v) is 4.58. The van der Waals surface area contributed by atoms with Gasteiger partial charge in [0.05, 0.1) is 0 Å². The molecule has 0 atom stereocenters. The summed E-state index contributed by atoms with van der Waals surface area (Å²) in [5.74, 6) is -0.635. The van der Waals surface area contributed by atoms with Crippen molar-refractivity contribution >= 4 is 5.91 Å². The molecule has 0 aliphatic heterocycles. The number of pyridine rings is 1. The quantitative estimate of drug-likeness (QED) is 0.778. The van der Waals surface area contributed by atoms with E-state index in [9.17, 15) is 9.59 Å². The molecule has 0 saturated heterocycles. The van der Waals surface area contributed by atoms with Gasteiger partial charge in [0, 0.05) is 17.5 Å². The number of rotatable bonds is 7. The van der Waals surface area contributed by atoms with Crippen molar-refractivity contribution in [1.82, 2.24) is 4.98 Å². The van der Waals surface area contributed by atoms with Crippen molar-refractivity contribution in [1.29, 1.82) is 0 Å². The van der Waals surface area contributed by atoms with E-state index in [1.807, 2.05) is 0 Å². The van der Waals surface area contributed by atoms with Crippen LogP contribution in [0, 0.1) is 0 Å².